The lowest BCUT2D eigenvalue weighted by Crippen LogP contribution is -2.59. The fraction of sp³-hybridized carbons (Fsp3) is 0.900. The summed E-state index contributed by atoms with van der Waals surface area (Å²) in [5.74, 6) is -0.601. The third-order valence-corrected chi connectivity index (χ3v) is 10.0. The number of hydrogen-bond donors (Lipinski definition) is 1. The molecule has 0 amide bonds. The van der Waals surface area contributed by atoms with Crippen LogP contribution in [0.5, 0.6) is 0 Å². The molecule has 170 valence electrons. The van der Waals surface area contributed by atoms with Crippen LogP contribution >= 0.6 is 0 Å². The van der Waals surface area contributed by atoms with Gasteiger partial charge in [-0.1, -0.05) is 4.13 Å². The second kappa shape index (κ2) is 7.52. The molecule has 2 heterocycles. The van der Waals surface area contributed by atoms with Crippen LogP contribution in [0.25, 0.3) is 0 Å². The highest BCUT2D eigenvalue weighted by molar-refractivity contribution is 8.13. The number of nitrogens with zero attached hydrogens (tertiary/aromatic N) is 2. The van der Waals surface area contributed by atoms with E-state index in [1.807, 2.05) is 0 Å². The van der Waals surface area contributed by atoms with Crippen LogP contribution in [-0.4, -0.2) is 89.4 Å². The number of rotatable bonds is 6. The maximum atomic E-state index is 14.1. The van der Waals surface area contributed by atoms with E-state index in [-0.39, 0.29) is 34.5 Å². The molecule has 2 saturated heterocycles. The Labute approximate surface area is 161 Å². The van der Waals surface area contributed by atoms with Crippen molar-refractivity contribution in [1.29, 1.82) is 0 Å². The minimum absolute atomic E-state index is 0.0107. The SMILES string of the molecule is O=C1OCCC1N1CCN(S(=O)(=O)C(F)(F)S(=O)(=O)NS(=O)(=O)C(F)(F)F)CC1. The summed E-state index contributed by atoms with van der Waals surface area (Å²) in [6.07, 6.45) is 0.273. The molecule has 0 saturated carbocycles. The highest BCUT2D eigenvalue weighted by Gasteiger charge is 2.64. The molecule has 0 radical (unpaired) electrons. The summed E-state index contributed by atoms with van der Waals surface area (Å²) in [5.41, 5.74) is -6.28. The third-order valence-electron chi connectivity index (χ3n) is 4.10. The lowest BCUT2D eigenvalue weighted by atomic mass is 10.2. The number of nitrogens with one attached hydrogen (secondary N) is 1. The van der Waals surface area contributed by atoms with Gasteiger partial charge in [-0.25, -0.2) is 25.3 Å². The van der Waals surface area contributed by atoms with Gasteiger partial charge < -0.3 is 4.74 Å². The van der Waals surface area contributed by atoms with Gasteiger partial charge >= 0.3 is 36.1 Å². The van der Waals surface area contributed by atoms with Crippen molar-refractivity contribution in [3.8, 4) is 0 Å². The molecule has 11 nitrogen and oxygen atoms in total. The average molecular weight is 495 g/mol. The molecule has 0 spiro atoms. The summed E-state index contributed by atoms with van der Waals surface area (Å²) in [7, 11) is -19.8. The lowest BCUT2D eigenvalue weighted by Gasteiger charge is -2.36. The first kappa shape index (κ1) is 24.1. The number of carbonyl (C=O) groups is 1. The zero-order valence-corrected chi connectivity index (χ0v) is 16.5. The monoisotopic (exact) mass is 495 g/mol. The molecule has 0 aliphatic carbocycles. The molecule has 0 aromatic rings. The van der Waals surface area contributed by atoms with Crippen molar-refractivity contribution in [3.63, 3.8) is 0 Å². The first-order valence-corrected chi connectivity index (χ1v) is 12.0. The zero-order chi connectivity index (χ0) is 22.5. The number of cyclic esters (lactones) is 1. The first-order valence-electron chi connectivity index (χ1n) is 7.57. The molecule has 1 atom stereocenters. The number of ether oxygens (including phenoxy) is 1. The topological polar surface area (TPSA) is 147 Å². The smallest absolute Gasteiger partial charge is 0.464 e. The van der Waals surface area contributed by atoms with Crippen molar-refractivity contribution in [2.24, 2.45) is 0 Å². The molecule has 0 aromatic carbocycles. The fourth-order valence-corrected chi connectivity index (χ4v) is 7.20. The maximum absolute atomic E-state index is 14.1. The normalized spacial score (nSPS) is 23.9. The van der Waals surface area contributed by atoms with E-state index in [0.717, 1.165) is 0 Å². The van der Waals surface area contributed by atoms with Crippen LogP contribution in [0, 0.1) is 0 Å². The molecular formula is C10H14F5N3O8S3. The number of sulfonamides is 3. The van der Waals surface area contributed by atoms with Gasteiger partial charge in [0.15, 0.2) is 0 Å². The largest absolute Gasteiger partial charge is 0.512 e. The number of halogens is 5. The predicted octanol–water partition coefficient (Wildman–Crippen LogP) is -1.43. The quantitative estimate of drug-likeness (QED) is 0.346. The highest BCUT2D eigenvalue weighted by Crippen LogP contribution is 2.34. The van der Waals surface area contributed by atoms with Gasteiger partial charge in [0.25, 0.3) is 10.0 Å². The molecule has 1 N–H and O–H groups in total. The van der Waals surface area contributed by atoms with Gasteiger partial charge in [0.05, 0.1) is 6.61 Å². The Morgan fingerprint density at radius 1 is 0.897 bits per heavy atom. The van der Waals surface area contributed by atoms with Gasteiger partial charge in [-0.3, -0.25) is 9.69 Å². The third kappa shape index (κ3) is 4.33. The van der Waals surface area contributed by atoms with Crippen LogP contribution in [0.3, 0.4) is 0 Å². The van der Waals surface area contributed by atoms with Crippen molar-refractivity contribution < 1.29 is 56.7 Å². The molecule has 29 heavy (non-hydrogen) atoms. The Morgan fingerprint density at radius 3 is 1.83 bits per heavy atom. The summed E-state index contributed by atoms with van der Waals surface area (Å²) in [6, 6.07) is -0.734. The second-order valence-corrected chi connectivity index (χ2v) is 11.8. The minimum Gasteiger partial charge on any atom is -0.464 e. The van der Waals surface area contributed by atoms with Crippen LogP contribution < -0.4 is 4.13 Å². The van der Waals surface area contributed by atoms with E-state index in [0.29, 0.717) is 0 Å². The van der Waals surface area contributed by atoms with Crippen molar-refractivity contribution in [2.45, 2.75) is 22.6 Å². The van der Waals surface area contributed by atoms with E-state index in [1.165, 1.54) is 4.90 Å². The molecule has 1 unspecified atom stereocenters. The fourth-order valence-electron chi connectivity index (χ4n) is 2.60. The Hall–Kier alpha value is -1.15. The van der Waals surface area contributed by atoms with E-state index in [2.05, 4.69) is 0 Å². The Bertz CT molecular complexity index is 971. The summed E-state index contributed by atoms with van der Waals surface area (Å²) in [4.78, 5) is 12.9. The molecule has 2 aliphatic rings. The summed E-state index contributed by atoms with van der Waals surface area (Å²) < 4.78 is 132. The Morgan fingerprint density at radius 2 is 1.41 bits per heavy atom. The van der Waals surface area contributed by atoms with Crippen molar-refractivity contribution in [1.82, 2.24) is 13.3 Å². The number of esters is 1. The van der Waals surface area contributed by atoms with Gasteiger partial charge in [0, 0.05) is 32.6 Å². The van der Waals surface area contributed by atoms with Crippen molar-refractivity contribution >= 4 is 36.0 Å². The average Bonchev–Trinajstić information content (AvgIpc) is 2.98. The Balaban J connectivity index is 2.20. The number of alkyl halides is 5. The molecule has 19 heteroatoms. The number of hydrogen-bond acceptors (Lipinski definition) is 9. The minimum atomic E-state index is -6.85. The summed E-state index contributed by atoms with van der Waals surface area (Å²) in [6.45, 7) is -1.88. The summed E-state index contributed by atoms with van der Waals surface area (Å²) >= 11 is 0. The van der Waals surface area contributed by atoms with Crippen molar-refractivity contribution in [2.75, 3.05) is 32.8 Å². The van der Waals surface area contributed by atoms with E-state index in [1.54, 1.807) is 0 Å². The molecule has 2 rings (SSSR count). The zero-order valence-electron chi connectivity index (χ0n) is 14.1. The van der Waals surface area contributed by atoms with Gasteiger partial charge in [-0.05, 0) is 0 Å². The molecule has 2 aliphatic heterocycles. The van der Waals surface area contributed by atoms with Crippen LogP contribution in [0.2, 0.25) is 0 Å². The first-order chi connectivity index (χ1) is 12.9. The molecule has 2 fully saturated rings. The van der Waals surface area contributed by atoms with Gasteiger partial charge in [-0.15, -0.1) is 0 Å². The molecule has 0 bridgehead atoms. The Kier molecular flexibility index (Phi) is 6.25. The molecule has 0 aromatic heterocycles. The van der Waals surface area contributed by atoms with E-state index in [9.17, 15) is 52.0 Å². The lowest BCUT2D eigenvalue weighted by molar-refractivity contribution is -0.142. The van der Waals surface area contributed by atoms with Gasteiger partial charge in [-0.2, -0.15) is 26.3 Å². The number of piperazine rings is 1. The van der Waals surface area contributed by atoms with Crippen LogP contribution in [-0.2, 0) is 39.6 Å². The van der Waals surface area contributed by atoms with E-state index in [4.69, 9.17) is 4.74 Å². The predicted molar refractivity (Wildman–Crippen MR) is 83.4 cm³/mol. The highest BCUT2D eigenvalue weighted by atomic mass is 32.3. The van der Waals surface area contributed by atoms with E-state index >= 15 is 0 Å². The van der Waals surface area contributed by atoms with Gasteiger partial charge in [0.2, 0.25) is 0 Å². The van der Waals surface area contributed by atoms with Gasteiger partial charge in [0.1, 0.15) is 6.04 Å². The van der Waals surface area contributed by atoms with Crippen LogP contribution in [0.1, 0.15) is 6.42 Å². The van der Waals surface area contributed by atoms with Crippen LogP contribution in [0.4, 0.5) is 22.0 Å². The second-order valence-electron chi connectivity index (χ2n) is 5.91. The standard InChI is InChI=1S/C10H14F5N3O8S3/c11-9(12,13)27(20,21)16-28(22,23)10(14,15)29(24,25)18-4-2-17(3-5-18)7-1-6-26-8(7)19/h7,16H,1-6H2. The van der Waals surface area contributed by atoms with E-state index < -0.39 is 65.3 Å². The number of carbonyl (C=O) groups excluding carboxylic acids is 1. The summed E-state index contributed by atoms with van der Waals surface area (Å²) in [5, 5.41) is 0. The van der Waals surface area contributed by atoms with Crippen LogP contribution in [0.15, 0.2) is 0 Å². The maximum Gasteiger partial charge on any atom is 0.512 e. The molecular weight excluding hydrogens is 481 g/mol. The van der Waals surface area contributed by atoms with Crippen molar-refractivity contribution in [3.05, 3.63) is 0 Å².